The highest BCUT2D eigenvalue weighted by Gasteiger charge is 2.33. The molecule has 0 aliphatic carbocycles. The minimum Gasteiger partial charge on any atom is -0.332 e. The highest BCUT2D eigenvalue weighted by Crippen LogP contribution is 2.36. The third-order valence-corrected chi connectivity index (χ3v) is 4.62. The van der Waals surface area contributed by atoms with Crippen molar-refractivity contribution < 1.29 is 27.7 Å². The number of hydrogen-bond donors (Lipinski definition) is 1. The molecule has 2 amide bonds. The summed E-state index contributed by atoms with van der Waals surface area (Å²) in [4.78, 5) is 35.2. The van der Waals surface area contributed by atoms with E-state index in [0.717, 1.165) is 17.0 Å². The van der Waals surface area contributed by atoms with Gasteiger partial charge in [0.15, 0.2) is 0 Å². The fraction of sp³-hybridized carbons (Fsp3) is 0.200. The minimum atomic E-state index is -4.68. The van der Waals surface area contributed by atoms with Gasteiger partial charge in [-0.1, -0.05) is 22.9 Å². The van der Waals surface area contributed by atoms with Gasteiger partial charge in [-0.25, -0.2) is 0 Å². The average Bonchev–Trinajstić information content (AvgIpc) is 3.05. The maximum atomic E-state index is 12.8. The Morgan fingerprint density at radius 2 is 1.96 bits per heavy atom. The molecule has 7 nitrogen and oxygen atoms in total. The lowest BCUT2D eigenvalue weighted by molar-refractivity contribution is -0.380. The molecule has 1 aromatic carbocycles. The maximum Gasteiger partial charge on any atom is 0.417 e. The van der Waals surface area contributed by atoms with Crippen LogP contribution in [0.1, 0.15) is 15.2 Å². The van der Waals surface area contributed by atoms with E-state index in [1.807, 2.05) is 0 Å². The fourth-order valence-corrected chi connectivity index (χ4v) is 3.08. The van der Waals surface area contributed by atoms with Crippen LogP contribution in [0.5, 0.6) is 0 Å². The van der Waals surface area contributed by atoms with Crippen LogP contribution in [-0.4, -0.2) is 35.2 Å². The molecule has 0 bridgehead atoms. The molecule has 1 aromatic heterocycles. The Morgan fingerprint density at radius 3 is 2.52 bits per heavy atom. The smallest absolute Gasteiger partial charge is 0.332 e. The largest absolute Gasteiger partial charge is 0.417 e. The molecule has 12 heteroatoms. The van der Waals surface area contributed by atoms with Crippen molar-refractivity contribution in [2.24, 2.45) is 0 Å². The quantitative estimate of drug-likeness (QED) is 0.582. The summed E-state index contributed by atoms with van der Waals surface area (Å²) >= 11 is 6.16. The number of likely N-dealkylation sites (N-methyl/N-ethyl adjacent to an activating group) is 1. The lowest BCUT2D eigenvalue weighted by atomic mass is 10.2. The second kappa shape index (κ2) is 7.92. The fourth-order valence-electron chi connectivity index (χ4n) is 2.04. The number of carbonyl (C=O) groups excluding carboxylic acids is 2. The summed E-state index contributed by atoms with van der Waals surface area (Å²) in [5.74, 6) is -1.37. The van der Waals surface area contributed by atoms with Gasteiger partial charge in [0.2, 0.25) is 5.91 Å². The molecule has 1 N–H and O–H groups in total. The molecule has 0 unspecified atom stereocenters. The first-order valence-electron chi connectivity index (χ1n) is 7.15. The molecule has 0 fully saturated rings. The van der Waals surface area contributed by atoms with E-state index in [-0.39, 0.29) is 15.6 Å². The van der Waals surface area contributed by atoms with Crippen LogP contribution < -0.4 is 5.32 Å². The molecule has 0 atom stereocenters. The number of hydrogen-bond acceptors (Lipinski definition) is 5. The number of nitrogens with one attached hydrogen (secondary N) is 1. The van der Waals surface area contributed by atoms with Gasteiger partial charge in [-0.3, -0.25) is 19.7 Å². The predicted octanol–water partition coefficient (Wildman–Crippen LogP) is 4.04. The molecule has 0 saturated heterocycles. The van der Waals surface area contributed by atoms with E-state index in [0.29, 0.717) is 17.4 Å². The normalized spacial score (nSPS) is 11.1. The summed E-state index contributed by atoms with van der Waals surface area (Å²) < 4.78 is 38.5. The van der Waals surface area contributed by atoms with E-state index < -0.39 is 40.0 Å². The van der Waals surface area contributed by atoms with Gasteiger partial charge in [-0.2, -0.15) is 13.2 Å². The first-order valence-corrected chi connectivity index (χ1v) is 8.34. The highest BCUT2D eigenvalue weighted by atomic mass is 35.5. The summed E-state index contributed by atoms with van der Waals surface area (Å²) in [6, 6.07) is 5.30. The van der Waals surface area contributed by atoms with Crippen LogP contribution in [0.15, 0.2) is 30.3 Å². The predicted molar refractivity (Wildman–Crippen MR) is 93.0 cm³/mol. The number of alkyl halides is 3. The van der Waals surface area contributed by atoms with E-state index in [9.17, 15) is 32.9 Å². The van der Waals surface area contributed by atoms with Gasteiger partial charge >= 0.3 is 11.2 Å². The Hall–Kier alpha value is -2.66. The van der Waals surface area contributed by atoms with Crippen molar-refractivity contribution in [1.82, 2.24) is 4.90 Å². The van der Waals surface area contributed by atoms with Gasteiger partial charge in [0.25, 0.3) is 5.91 Å². The maximum absolute atomic E-state index is 12.8. The SMILES string of the molecule is CN(CC(=O)Nc1ccc(Cl)c(C(F)(F)F)c1)C(=O)c1ccc([N+](=O)[O-])s1. The zero-order valence-electron chi connectivity index (χ0n) is 13.5. The number of anilines is 1. The molecule has 0 spiro atoms. The van der Waals surface area contributed by atoms with Crippen molar-refractivity contribution in [3.05, 3.63) is 55.9 Å². The van der Waals surface area contributed by atoms with E-state index in [2.05, 4.69) is 5.32 Å². The van der Waals surface area contributed by atoms with Gasteiger partial charge < -0.3 is 10.2 Å². The molecule has 1 heterocycles. The molecule has 2 aromatic rings. The zero-order chi connectivity index (χ0) is 20.4. The van der Waals surface area contributed by atoms with Crippen molar-refractivity contribution in [3.8, 4) is 0 Å². The van der Waals surface area contributed by atoms with Gasteiger partial charge in [0, 0.05) is 18.8 Å². The highest BCUT2D eigenvalue weighted by molar-refractivity contribution is 7.17. The van der Waals surface area contributed by atoms with Crippen LogP contribution in [0.4, 0.5) is 23.9 Å². The summed E-state index contributed by atoms with van der Waals surface area (Å²) in [7, 11) is 1.29. The molecule has 0 radical (unpaired) electrons. The summed E-state index contributed by atoms with van der Waals surface area (Å²) in [5, 5.41) is 12.2. The van der Waals surface area contributed by atoms with E-state index in [1.165, 1.54) is 19.2 Å². The molecule has 0 saturated carbocycles. The molecule has 2 rings (SSSR count). The van der Waals surface area contributed by atoms with Gasteiger partial charge in [-0.15, -0.1) is 0 Å². The van der Waals surface area contributed by atoms with Crippen molar-refractivity contribution in [1.29, 1.82) is 0 Å². The number of thiophene rings is 1. The number of rotatable bonds is 5. The molecule has 144 valence electrons. The number of amides is 2. The van der Waals surface area contributed by atoms with Crippen LogP contribution >= 0.6 is 22.9 Å². The average molecular weight is 422 g/mol. The number of benzene rings is 1. The van der Waals surface area contributed by atoms with Gasteiger partial charge in [0.1, 0.15) is 0 Å². The standard InChI is InChI=1S/C15H11ClF3N3O4S/c1-21(14(24)11-4-5-13(27-11)22(25)26)7-12(23)20-8-2-3-10(16)9(6-8)15(17,18)19/h2-6H,7H2,1H3,(H,20,23). The Bertz CT molecular complexity index is 901. The second-order valence-corrected chi connectivity index (χ2v) is 6.77. The number of carbonyl (C=O) groups is 2. The Kier molecular flexibility index (Phi) is 6.06. The van der Waals surface area contributed by atoms with Crippen molar-refractivity contribution >= 4 is 45.4 Å². The number of halogens is 4. The number of nitrogens with zero attached hydrogens (tertiary/aromatic N) is 2. The first-order chi connectivity index (χ1) is 12.5. The van der Waals surface area contributed by atoms with Gasteiger partial charge in [-0.05, 0) is 24.3 Å². The van der Waals surface area contributed by atoms with E-state index in [1.54, 1.807) is 0 Å². The molecule has 27 heavy (non-hydrogen) atoms. The Labute approximate surface area is 159 Å². The third-order valence-electron chi connectivity index (χ3n) is 3.27. The summed E-state index contributed by atoms with van der Waals surface area (Å²) in [6.07, 6.45) is -4.68. The van der Waals surface area contributed by atoms with Crippen LogP contribution in [0, 0.1) is 10.1 Å². The van der Waals surface area contributed by atoms with Gasteiger partial charge in [0.05, 0.1) is 26.9 Å². The topological polar surface area (TPSA) is 92.6 Å². The zero-order valence-corrected chi connectivity index (χ0v) is 15.1. The molecule has 0 aliphatic rings. The summed E-state index contributed by atoms with van der Waals surface area (Å²) in [5.41, 5.74) is -1.23. The Balaban J connectivity index is 2.04. The third kappa shape index (κ3) is 5.17. The van der Waals surface area contributed by atoms with Crippen LogP contribution in [0.2, 0.25) is 5.02 Å². The van der Waals surface area contributed by atoms with Crippen LogP contribution in [-0.2, 0) is 11.0 Å². The first kappa shape index (κ1) is 20.6. The Morgan fingerprint density at radius 1 is 1.30 bits per heavy atom. The van der Waals surface area contributed by atoms with E-state index >= 15 is 0 Å². The van der Waals surface area contributed by atoms with Crippen LogP contribution in [0.25, 0.3) is 0 Å². The van der Waals surface area contributed by atoms with Crippen molar-refractivity contribution in [2.75, 3.05) is 18.9 Å². The summed E-state index contributed by atoms with van der Waals surface area (Å²) in [6.45, 7) is -0.464. The monoisotopic (exact) mass is 421 g/mol. The molecular formula is C15H11ClF3N3O4S. The second-order valence-electron chi connectivity index (χ2n) is 5.30. The lowest BCUT2D eigenvalue weighted by Crippen LogP contribution is -2.34. The number of nitro groups is 1. The van der Waals surface area contributed by atoms with Crippen molar-refractivity contribution in [3.63, 3.8) is 0 Å². The molecule has 0 aliphatic heterocycles. The lowest BCUT2D eigenvalue weighted by Gasteiger charge is -2.16. The van der Waals surface area contributed by atoms with Crippen LogP contribution in [0.3, 0.4) is 0 Å². The minimum absolute atomic E-state index is 0.0582. The molecular weight excluding hydrogens is 411 g/mol. The van der Waals surface area contributed by atoms with Crippen molar-refractivity contribution in [2.45, 2.75) is 6.18 Å². The van der Waals surface area contributed by atoms with E-state index in [4.69, 9.17) is 11.6 Å².